The third-order valence-electron chi connectivity index (χ3n) is 6.23. The summed E-state index contributed by atoms with van der Waals surface area (Å²) in [6.45, 7) is 0. The van der Waals surface area contributed by atoms with Crippen LogP contribution in [0.15, 0.2) is 141 Å². The molecule has 0 aliphatic carbocycles. The number of anilines is 6. The number of rotatable bonds is 2. The molecule has 2 nitrogen and oxygen atoms in total. The Labute approximate surface area is 207 Å². The van der Waals surface area contributed by atoms with Gasteiger partial charge in [-0.05, 0) is 72.8 Å². The van der Waals surface area contributed by atoms with E-state index in [-0.39, 0.29) is 0 Å². The summed E-state index contributed by atoms with van der Waals surface area (Å²) in [6.07, 6.45) is 0. The summed E-state index contributed by atoms with van der Waals surface area (Å²) < 4.78 is 0. The van der Waals surface area contributed by atoms with Crippen molar-refractivity contribution in [2.24, 2.45) is 0 Å². The van der Waals surface area contributed by atoms with Crippen molar-refractivity contribution < 1.29 is 0 Å². The molecule has 2 aliphatic heterocycles. The highest BCUT2D eigenvalue weighted by Gasteiger charge is 2.26. The summed E-state index contributed by atoms with van der Waals surface area (Å²) in [4.78, 5) is 9.86. The molecule has 0 saturated heterocycles. The summed E-state index contributed by atoms with van der Waals surface area (Å²) in [5, 5.41) is 0. The number of hydrogen-bond acceptors (Lipinski definition) is 4. The zero-order chi connectivity index (χ0) is 22.5. The average molecular weight is 473 g/mol. The first kappa shape index (κ1) is 19.8. The molecule has 0 amide bonds. The third-order valence-corrected chi connectivity index (χ3v) is 8.49. The maximum Gasteiger partial charge on any atom is 0.0601 e. The first-order valence-electron chi connectivity index (χ1n) is 11.3. The minimum absolute atomic E-state index is 1.16. The molecule has 0 saturated carbocycles. The minimum atomic E-state index is 1.16. The van der Waals surface area contributed by atoms with Crippen LogP contribution in [-0.4, -0.2) is 0 Å². The van der Waals surface area contributed by atoms with E-state index < -0.39 is 0 Å². The Kier molecular flexibility index (Phi) is 4.67. The summed E-state index contributed by atoms with van der Waals surface area (Å²) >= 11 is 3.68. The van der Waals surface area contributed by atoms with Crippen LogP contribution in [0.3, 0.4) is 0 Å². The molecule has 0 N–H and O–H groups in total. The molecule has 0 spiro atoms. The van der Waals surface area contributed by atoms with Gasteiger partial charge in [0.25, 0.3) is 0 Å². The van der Waals surface area contributed by atoms with Crippen LogP contribution in [-0.2, 0) is 0 Å². The van der Waals surface area contributed by atoms with Gasteiger partial charge in [-0.2, -0.15) is 0 Å². The zero-order valence-electron chi connectivity index (χ0n) is 18.3. The van der Waals surface area contributed by atoms with Crippen molar-refractivity contribution in [3.05, 3.63) is 121 Å². The van der Waals surface area contributed by atoms with Crippen molar-refractivity contribution in [1.29, 1.82) is 0 Å². The summed E-state index contributed by atoms with van der Waals surface area (Å²) in [7, 11) is 0. The highest BCUT2D eigenvalue weighted by atomic mass is 32.2. The SMILES string of the molecule is c1ccc2c(c1)Sc1ccccc1N2c1ccc(N2c3ccccc3Sc3ccccc32)cc1. The molecular formula is C30H20N2S2. The Morgan fingerprint density at radius 1 is 0.324 bits per heavy atom. The first-order valence-corrected chi connectivity index (χ1v) is 12.9. The topological polar surface area (TPSA) is 6.48 Å². The summed E-state index contributed by atoms with van der Waals surface area (Å²) in [6, 6.07) is 43.6. The van der Waals surface area contributed by atoms with Crippen LogP contribution in [0.25, 0.3) is 0 Å². The lowest BCUT2D eigenvalue weighted by Crippen LogP contribution is -2.16. The molecule has 0 atom stereocenters. The van der Waals surface area contributed by atoms with Gasteiger partial charge in [0.2, 0.25) is 0 Å². The molecule has 5 aromatic rings. The maximum absolute atomic E-state index is 2.37. The molecule has 7 rings (SSSR count). The second kappa shape index (κ2) is 8.01. The lowest BCUT2D eigenvalue weighted by atomic mass is 10.1. The van der Waals surface area contributed by atoms with Gasteiger partial charge >= 0.3 is 0 Å². The summed E-state index contributed by atoms with van der Waals surface area (Å²) in [5.74, 6) is 0. The Hall–Kier alpha value is -3.60. The monoisotopic (exact) mass is 472 g/mol. The van der Waals surface area contributed by atoms with Crippen molar-refractivity contribution >= 4 is 57.6 Å². The normalized spacial score (nSPS) is 13.5. The fourth-order valence-electron chi connectivity index (χ4n) is 4.72. The molecule has 0 unspecified atom stereocenters. The van der Waals surface area contributed by atoms with Gasteiger partial charge in [-0.3, -0.25) is 0 Å². The van der Waals surface area contributed by atoms with Crippen molar-refractivity contribution in [2.75, 3.05) is 9.80 Å². The number of para-hydroxylation sites is 4. The van der Waals surface area contributed by atoms with E-state index in [0.717, 1.165) is 11.4 Å². The number of benzene rings is 5. The smallest absolute Gasteiger partial charge is 0.0601 e. The zero-order valence-corrected chi connectivity index (χ0v) is 19.9. The van der Waals surface area contributed by atoms with Gasteiger partial charge in [-0.1, -0.05) is 72.1 Å². The van der Waals surface area contributed by atoms with E-state index in [1.165, 1.54) is 42.3 Å². The van der Waals surface area contributed by atoms with Gasteiger partial charge in [0, 0.05) is 31.0 Å². The number of hydrogen-bond donors (Lipinski definition) is 0. The maximum atomic E-state index is 2.37. The van der Waals surface area contributed by atoms with E-state index in [4.69, 9.17) is 0 Å². The van der Waals surface area contributed by atoms with Crippen molar-refractivity contribution in [3.8, 4) is 0 Å². The van der Waals surface area contributed by atoms with Gasteiger partial charge < -0.3 is 9.80 Å². The van der Waals surface area contributed by atoms with Gasteiger partial charge in [0.15, 0.2) is 0 Å². The van der Waals surface area contributed by atoms with E-state index in [1.807, 2.05) is 23.5 Å². The largest absolute Gasteiger partial charge is 0.308 e. The second-order valence-electron chi connectivity index (χ2n) is 8.26. The van der Waals surface area contributed by atoms with Gasteiger partial charge in [0.05, 0.1) is 22.7 Å². The fourth-order valence-corrected chi connectivity index (χ4v) is 6.83. The van der Waals surface area contributed by atoms with Gasteiger partial charge in [0.1, 0.15) is 0 Å². The Bertz CT molecular complexity index is 1320. The molecule has 0 radical (unpaired) electrons. The van der Waals surface area contributed by atoms with Crippen molar-refractivity contribution in [2.45, 2.75) is 19.6 Å². The molecule has 0 bridgehead atoms. The van der Waals surface area contributed by atoms with Crippen LogP contribution >= 0.6 is 23.5 Å². The third kappa shape index (κ3) is 3.14. The quantitative estimate of drug-likeness (QED) is 0.247. The van der Waals surface area contributed by atoms with Gasteiger partial charge in [-0.15, -0.1) is 0 Å². The fraction of sp³-hybridized carbons (Fsp3) is 0. The molecule has 2 aliphatic rings. The molecule has 4 heteroatoms. The molecule has 34 heavy (non-hydrogen) atoms. The van der Waals surface area contributed by atoms with Crippen LogP contribution in [0, 0.1) is 0 Å². The van der Waals surface area contributed by atoms with E-state index in [0.29, 0.717) is 0 Å². The molecule has 5 aromatic carbocycles. The highest BCUT2D eigenvalue weighted by Crippen LogP contribution is 2.53. The Balaban J connectivity index is 1.35. The average Bonchev–Trinajstić information content (AvgIpc) is 2.90. The van der Waals surface area contributed by atoms with E-state index >= 15 is 0 Å². The van der Waals surface area contributed by atoms with Crippen molar-refractivity contribution in [1.82, 2.24) is 0 Å². The second-order valence-corrected chi connectivity index (χ2v) is 10.4. The van der Waals surface area contributed by atoms with Gasteiger partial charge in [-0.25, -0.2) is 0 Å². The lowest BCUT2D eigenvalue weighted by molar-refractivity contribution is 1.15. The molecule has 0 fully saturated rings. The number of fused-ring (bicyclic) bond motifs is 4. The highest BCUT2D eigenvalue weighted by molar-refractivity contribution is 8.00. The van der Waals surface area contributed by atoms with E-state index in [9.17, 15) is 0 Å². The van der Waals surface area contributed by atoms with Crippen LogP contribution < -0.4 is 9.80 Å². The molecule has 162 valence electrons. The molecule has 0 aromatic heterocycles. The first-order chi connectivity index (χ1) is 16.9. The van der Waals surface area contributed by atoms with Crippen LogP contribution in [0.5, 0.6) is 0 Å². The predicted molar refractivity (Wildman–Crippen MR) is 144 cm³/mol. The standard InChI is InChI=1S/C30H20N2S2/c1-5-13-27-23(9-1)31(24-10-2-6-14-28(24)33-27)21-17-19-22(20-18-21)32-25-11-3-7-15-29(25)34-30-16-8-4-12-26(30)32/h1-20H. The molecule has 2 heterocycles. The Morgan fingerprint density at radius 2 is 0.588 bits per heavy atom. The van der Waals surface area contributed by atoms with Crippen LogP contribution in [0.4, 0.5) is 34.1 Å². The van der Waals surface area contributed by atoms with Crippen molar-refractivity contribution in [3.63, 3.8) is 0 Å². The van der Waals surface area contributed by atoms with Crippen LogP contribution in [0.2, 0.25) is 0 Å². The van der Waals surface area contributed by atoms with E-state index in [1.54, 1.807) is 0 Å². The predicted octanol–water partition coefficient (Wildman–Crippen LogP) is 9.56. The lowest BCUT2D eigenvalue weighted by Gasteiger charge is -2.34. The number of nitrogens with zero attached hydrogens (tertiary/aromatic N) is 2. The van der Waals surface area contributed by atoms with Crippen LogP contribution in [0.1, 0.15) is 0 Å². The summed E-state index contributed by atoms with van der Waals surface area (Å²) in [5.41, 5.74) is 7.23. The van der Waals surface area contributed by atoms with E-state index in [2.05, 4.69) is 131 Å². The molecular weight excluding hydrogens is 452 g/mol. The Morgan fingerprint density at radius 3 is 0.882 bits per heavy atom. The minimum Gasteiger partial charge on any atom is -0.308 e.